The van der Waals surface area contributed by atoms with Crippen LogP contribution in [0.15, 0.2) is 32.1 Å². The molecule has 2 rings (SSSR count). The van der Waals surface area contributed by atoms with Gasteiger partial charge in [0.05, 0.1) is 6.54 Å². The molecule has 0 radical (unpaired) electrons. The predicted octanol–water partition coefficient (Wildman–Crippen LogP) is 2.21. The lowest BCUT2D eigenvalue weighted by Gasteiger charge is -2.21. The number of nitrogens with two attached hydrogens (primary N) is 1. The first kappa shape index (κ1) is 11.0. The van der Waals surface area contributed by atoms with Crippen molar-refractivity contribution < 1.29 is 0 Å². The standard InChI is InChI=1S/C10H11Br2N3/c11-8-1-6(2-9(12)3-8)7-4-14-10(13)15-5-7/h1-3,7H,4-5H2,(H3,13,14,15). The summed E-state index contributed by atoms with van der Waals surface area (Å²) in [6.45, 7) is 1.60. The molecule has 0 spiro atoms. The van der Waals surface area contributed by atoms with Gasteiger partial charge in [-0.3, -0.25) is 4.99 Å². The third kappa shape index (κ3) is 2.72. The first-order chi connectivity index (χ1) is 7.15. The van der Waals surface area contributed by atoms with Crippen LogP contribution < -0.4 is 11.1 Å². The molecule has 1 heterocycles. The predicted molar refractivity (Wildman–Crippen MR) is 69.1 cm³/mol. The van der Waals surface area contributed by atoms with Crippen LogP contribution in [-0.4, -0.2) is 19.0 Å². The summed E-state index contributed by atoms with van der Waals surface area (Å²) < 4.78 is 2.16. The van der Waals surface area contributed by atoms with Crippen LogP contribution in [0.2, 0.25) is 0 Å². The second kappa shape index (κ2) is 4.53. The van der Waals surface area contributed by atoms with E-state index in [4.69, 9.17) is 5.73 Å². The van der Waals surface area contributed by atoms with Crippen molar-refractivity contribution in [2.45, 2.75) is 5.92 Å². The van der Waals surface area contributed by atoms with Gasteiger partial charge in [-0.05, 0) is 23.8 Å². The van der Waals surface area contributed by atoms with Gasteiger partial charge in [-0.25, -0.2) is 0 Å². The average molecular weight is 333 g/mol. The van der Waals surface area contributed by atoms with E-state index in [0.717, 1.165) is 22.0 Å². The summed E-state index contributed by atoms with van der Waals surface area (Å²) in [6.07, 6.45) is 0. The maximum absolute atomic E-state index is 5.56. The summed E-state index contributed by atoms with van der Waals surface area (Å²) in [5, 5.41) is 3.07. The molecule has 1 atom stereocenters. The van der Waals surface area contributed by atoms with Crippen LogP contribution in [0.4, 0.5) is 0 Å². The number of nitrogens with zero attached hydrogens (tertiary/aromatic N) is 1. The monoisotopic (exact) mass is 331 g/mol. The number of halogens is 2. The Kier molecular flexibility index (Phi) is 3.31. The second-order valence-corrected chi connectivity index (χ2v) is 5.34. The highest BCUT2D eigenvalue weighted by Crippen LogP contribution is 2.26. The molecule has 0 amide bonds. The van der Waals surface area contributed by atoms with Crippen LogP contribution in [0, 0.1) is 0 Å². The molecular formula is C10H11Br2N3. The Hall–Kier alpha value is -0.550. The Morgan fingerprint density at radius 1 is 1.27 bits per heavy atom. The summed E-state index contributed by atoms with van der Waals surface area (Å²) in [4.78, 5) is 4.20. The third-order valence-electron chi connectivity index (χ3n) is 2.37. The van der Waals surface area contributed by atoms with Crippen LogP contribution in [-0.2, 0) is 0 Å². The lowest BCUT2D eigenvalue weighted by Crippen LogP contribution is -2.39. The molecule has 3 nitrogen and oxygen atoms in total. The van der Waals surface area contributed by atoms with Crippen LogP contribution in [0.25, 0.3) is 0 Å². The number of nitrogens with one attached hydrogen (secondary N) is 1. The minimum Gasteiger partial charge on any atom is -0.370 e. The van der Waals surface area contributed by atoms with E-state index < -0.39 is 0 Å². The van der Waals surface area contributed by atoms with Crippen LogP contribution in [0.5, 0.6) is 0 Å². The van der Waals surface area contributed by atoms with Gasteiger partial charge < -0.3 is 11.1 Å². The fraction of sp³-hybridized carbons (Fsp3) is 0.300. The molecule has 3 N–H and O–H groups in total. The molecule has 15 heavy (non-hydrogen) atoms. The summed E-state index contributed by atoms with van der Waals surface area (Å²) in [5.74, 6) is 0.936. The molecule has 0 aromatic heterocycles. The highest BCUT2D eigenvalue weighted by Gasteiger charge is 2.16. The number of benzene rings is 1. The quantitative estimate of drug-likeness (QED) is 0.828. The van der Waals surface area contributed by atoms with E-state index in [2.05, 4.69) is 54.3 Å². The second-order valence-electron chi connectivity index (χ2n) is 3.51. The van der Waals surface area contributed by atoms with E-state index in [1.807, 2.05) is 6.07 Å². The highest BCUT2D eigenvalue weighted by atomic mass is 79.9. The van der Waals surface area contributed by atoms with E-state index in [-0.39, 0.29) is 0 Å². The molecule has 80 valence electrons. The number of guanidine groups is 1. The van der Waals surface area contributed by atoms with Crippen molar-refractivity contribution >= 4 is 37.8 Å². The van der Waals surface area contributed by atoms with Crippen LogP contribution >= 0.6 is 31.9 Å². The normalized spacial score (nSPS) is 20.7. The average Bonchev–Trinajstić information content (AvgIpc) is 2.17. The summed E-state index contributed by atoms with van der Waals surface area (Å²) in [7, 11) is 0. The van der Waals surface area contributed by atoms with Gasteiger partial charge in [-0.2, -0.15) is 0 Å². The van der Waals surface area contributed by atoms with Crippen molar-refractivity contribution in [2.75, 3.05) is 13.1 Å². The number of rotatable bonds is 1. The van der Waals surface area contributed by atoms with Gasteiger partial charge in [0.15, 0.2) is 5.96 Å². The van der Waals surface area contributed by atoms with E-state index in [1.54, 1.807) is 0 Å². The van der Waals surface area contributed by atoms with Crippen molar-refractivity contribution in [3.05, 3.63) is 32.7 Å². The Morgan fingerprint density at radius 2 is 1.93 bits per heavy atom. The zero-order chi connectivity index (χ0) is 10.8. The summed E-state index contributed by atoms with van der Waals surface area (Å²) >= 11 is 6.96. The van der Waals surface area contributed by atoms with Crippen molar-refractivity contribution in [2.24, 2.45) is 10.7 Å². The van der Waals surface area contributed by atoms with Gasteiger partial charge >= 0.3 is 0 Å². The maximum Gasteiger partial charge on any atom is 0.188 e. The number of hydrogen-bond donors (Lipinski definition) is 2. The molecule has 1 aliphatic heterocycles. The van der Waals surface area contributed by atoms with Crippen molar-refractivity contribution in [1.82, 2.24) is 5.32 Å². The molecule has 1 aromatic carbocycles. The molecule has 0 aliphatic carbocycles. The Morgan fingerprint density at radius 3 is 2.47 bits per heavy atom. The van der Waals surface area contributed by atoms with Gasteiger partial charge in [-0.1, -0.05) is 31.9 Å². The topological polar surface area (TPSA) is 50.4 Å². The van der Waals surface area contributed by atoms with Crippen LogP contribution in [0.1, 0.15) is 11.5 Å². The van der Waals surface area contributed by atoms with Gasteiger partial charge in [0.1, 0.15) is 0 Å². The molecule has 0 saturated carbocycles. The van der Waals surface area contributed by atoms with Crippen molar-refractivity contribution in [3.8, 4) is 0 Å². The minimum atomic E-state index is 0.395. The first-order valence-corrected chi connectivity index (χ1v) is 6.23. The SMILES string of the molecule is NC1=NCC(c2cc(Br)cc(Br)c2)CN1. The Balaban J connectivity index is 2.23. The largest absolute Gasteiger partial charge is 0.370 e. The zero-order valence-corrected chi connectivity index (χ0v) is 11.2. The van der Waals surface area contributed by atoms with E-state index in [0.29, 0.717) is 11.9 Å². The van der Waals surface area contributed by atoms with Crippen molar-refractivity contribution in [1.29, 1.82) is 0 Å². The lowest BCUT2D eigenvalue weighted by molar-refractivity contribution is 0.634. The number of aliphatic imine (C=N–C) groups is 1. The third-order valence-corrected chi connectivity index (χ3v) is 3.28. The Bertz CT molecular complexity index is 383. The summed E-state index contributed by atoms with van der Waals surface area (Å²) in [5.41, 5.74) is 6.82. The maximum atomic E-state index is 5.56. The molecule has 1 aliphatic rings. The minimum absolute atomic E-state index is 0.395. The van der Waals surface area contributed by atoms with E-state index in [9.17, 15) is 0 Å². The molecular weight excluding hydrogens is 322 g/mol. The van der Waals surface area contributed by atoms with Gasteiger partial charge in [0.2, 0.25) is 0 Å². The van der Waals surface area contributed by atoms with Crippen LogP contribution in [0.3, 0.4) is 0 Å². The molecule has 5 heteroatoms. The van der Waals surface area contributed by atoms with Crippen molar-refractivity contribution in [3.63, 3.8) is 0 Å². The summed E-state index contributed by atoms with van der Waals surface area (Å²) in [6, 6.07) is 6.26. The fourth-order valence-electron chi connectivity index (χ4n) is 1.59. The van der Waals surface area contributed by atoms with E-state index >= 15 is 0 Å². The van der Waals surface area contributed by atoms with Gasteiger partial charge in [0, 0.05) is 21.4 Å². The van der Waals surface area contributed by atoms with E-state index in [1.165, 1.54) is 5.56 Å². The number of hydrogen-bond acceptors (Lipinski definition) is 3. The first-order valence-electron chi connectivity index (χ1n) is 4.65. The zero-order valence-electron chi connectivity index (χ0n) is 8.00. The highest BCUT2D eigenvalue weighted by molar-refractivity contribution is 9.11. The molecule has 0 bridgehead atoms. The molecule has 1 unspecified atom stereocenters. The Labute approximate surface area is 105 Å². The molecule has 0 saturated heterocycles. The lowest BCUT2D eigenvalue weighted by atomic mass is 9.98. The molecule has 0 fully saturated rings. The molecule has 1 aromatic rings. The van der Waals surface area contributed by atoms with Gasteiger partial charge in [-0.15, -0.1) is 0 Å². The van der Waals surface area contributed by atoms with Gasteiger partial charge in [0.25, 0.3) is 0 Å². The smallest absolute Gasteiger partial charge is 0.188 e. The fourth-order valence-corrected chi connectivity index (χ4v) is 2.92.